The van der Waals surface area contributed by atoms with Gasteiger partial charge in [-0.25, -0.2) is 9.59 Å². The first-order valence-corrected chi connectivity index (χ1v) is 10.9. The predicted octanol–water partition coefficient (Wildman–Crippen LogP) is 3.59. The first-order chi connectivity index (χ1) is 16.7. The SMILES string of the molecule is COc1ccc(COC(=O)C2(NC(=O)OCc3ccc([N+](=O)[O-])cc3)CCC(C(=O)O)CC2)cc1. The van der Waals surface area contributed by atoms with Crippen LogP contribution in [0, 0.1) is 16.0 Å². The molecule has 0 bridgehead atoms. The van der Waals surface area contributed by atoms with Crippen LogP contribution in [0.25, 0.3) is 0 Å². The van der Waals surface area contributed by atoms with Gasteiger partial charge < -0.3 is 24.6 Å². The molecule has 0 aromatic heterocycles. The summed E-state index contributed by atoms with van der Waals surface area (Å²) >= 11 is 0. The number of methoxy groups -OCH3 is 1. The molecule has 1 amide bonds. The van der Waals surface area contributed by atoms with Crippen LogP contribution in [0.15, 0.2) is 48.5 Å². The van der Waals surface area contributed by atoms with Crippen molar-refractivity contribution in [2.45, 2.75) is 44.4 Å². The topological polar surface area (TPSA) is 154 Å². The third-order valence-electron chi connectivity index (χ3n) is 5.97. The zero-order valence-corrected chi connectivity index (χ0v) is 19.1. The number of amides is 1. The van der Waals surface area contributed by atoms with Crippen LogP contribution in [0.5, 0.6) is 5.75 Å². The highest BCUT2D eigenvalue weighted by Crippen LogP contribution is 2.34. The number of carbonyl (C=O) groups excluding carboxylic acids is 2. The standard InChI is InChI=1S/C24H26N2O9/c1-33-20-8-4-17(5-9-20)14-34-22(29)24(12-10-18(11-13-24)21(27)28)25-23(30)35-15-16-2-6-19(7-3-16)26(31)32/h2-9,18H,10-15H2,1H3,(H,25,30)(H,27,28). The van der Waals surface area contributed by atoms with E-state index in [2.05, 4.69) is 5.32 Å². The van der Waals surface area contributed by atoms with E-state index in [0.29, 0.717) is 16.9 Å². The summed E-state index contributed by atoms with van der Waals surface area (Å²) in [6, 6.07) is 12.4. The highest BCUT2D eigenvalue weighted by Gasteiger charge is 2.46. The minimum absolute atomic E-state index is 0.0353. The second-order valence-corrected chi connectivity index (χ2v) is 8.24. The molecular weight excluding hydrogens is 460 g/mol. The van der Waals surface area contributed by atoms with E-state index in [4.69, 9.17) is 14.2 Å². The lowest BCUT2D eigenvalue weighted by Crippen LogP contribution is -2.57. The van der Waals surface area contributed by atoms with Crippen LogP contribution in [0.4, 0.5) is 10.5 Å². The number of alkyl carbamates (subject to hydrolysis) is 1. The highest BCUT2D eigenvalue weighted by atomic mass is 16.6. The second-order valence-electron chi connectivity index (χ2n) is 8.24. The van der Waals surface area contributed by atoms with E-state index in [-0.39, 0.29) is 44.6 Å². The number of esters is 1. The van der Waals surface area contributed by atoms with Crippen LogP contribution in [0.3, 0.4) is 0 Å². The fourth-order valence-electron chi connectivity index (χ4n) is 3.84. The van der Waals surface area contributed by atoms with Gasteiger partial charge >= 0.3 is 18.0 Å². The largest absolute Gasteiger partial charge is 0.497 e. The Labute approximate surface area is 201 Å². The number of non-ortho nitro benzene ring substituents is 1. The maximum Gasteiger partial charge on any atom is 0.408 e. The summed E-state index contributed by atoms with van der Waals surface area (Å²) in [5.74, 6) is -1.59. The molecule has 2 N–H and O–H groups in total. The monoisotopic (exact) mass is 486 g/mol. The molecule has 11 nitrogen and oxygen atoms in total. The molecule has 0 spiro atoms. The maximum atomic E-state index is 13.1. The van der Waals surface area contributed by atoms with Crippen LogP contribution >= 0.6 is 0 Å². The fraction of sp³-hybridized carbons (Fsp3) is 0.375. The van der Waals surface area contributed by atoms with Gasteiger partial charge in [-0.05, 0) is 61.1 Å². The Kier molecular flexibility index (Phi) is 8.24. The Bertz CT molecular complexity index is 1060. The molecule has 0 unspecified atom stereocenters. The van der Waals surface area contributed by atoms with Crippen LogP contribution in [0.2, 0.25) is 0 Å². The third-order valence-corrected chi connectivity index (χ3v) is 5.97. The van der Waals surface area contributed by atoms with Gasteiger partial charge in [-0.3, -0.25) is 14.9 Å². The fourth-order valence-corrected chi connectivity index (χ4v) is 3.84. The van der Waals surface area contributed by atoms with E-state index in [1.165, 1.54) is 24.3 Å². The maximum absolute atomic E-state index is 13.1. The Hall–Kier alpha value is -4.15. The number of nitro benzene ring substituents is 1. The lowest BCUT2D eigenvalue weighted by Gasteiger charge is -2.37. The number of hydrogen-bond donors (Lipinski definition) is 2. The molecule has 35 heavy (non-hydrogen) atoms. The average Bonchev–Trinajstić information content (AvgIpc) is 2.86. The van der Waals surface area contributed by atoms with Crippen molar-refractivity contribution in [1.82, 2.24) is 5.32 Å². The Morgan fingerprint density at radius 1 is 1.00 bits per heavy atom. The quantitative estimate of drug-likeness (QED) is 0.307. The van der Waals surface area contributed by atoms with Crippen LogP contribution in [-0.4, -0.2) is 40.7 Å². The number of aliphatic carboxylic acids is 1. The van der Waals surface area contributed by atoms with Gasteiger partial charge in [0.15, 0.2) is 0 Å². The van der Waals surface area contributed by atoms with E-state index in [1.54, 1.807) is 31.4 Å². The lowest BCUT2D eigenvalue weighted by molar-refractivity contribution is -0.384. The first kappa shape index (κ1) is 25.5. The molecule has 0 aliphatic heterocycles. The zero-order valence-electron chi connectivity index (χ0n) is 19.1. The summed E-state index contributed by atoms with van der Waals surface area (Å²) < 4.78 is 15.8. The van der Waals surface area contributed by atoms with Crippen molar-refractivity contribution >= 4 is 23.7 Å². The molecule has 1 saturated carbocycles. The van der Waals surface area contributed by atoms with Crippen LogP contribution in [0.1, 0.15) is 36.8 Å². The predicted molar refractivity (Wildman–Crippen MR) is 122 cm³/mol. The minimum Gasteiger partial charge on any atom is -0.497 e. The van der Waals surface area contributed by atoms with Crippen molar-refractivity contribution in [3.05, 3.63) is 69.8 Å². The summed E-state index contributed by atoms with van der Waals surface area (Å²) in [6.07, 6.45) is -0.333. The number of nitrogens with one attached hydrogen (secondary N) is 1. The zero-order chi connectivity index (χ0) is 25.4. The van der Waals surface area contributed by atoms with Gasteiger partial charge in [-0.2, -0.15) is 0 Å². The molecule has 1 fully saturated rings. The van der Waals surface area contributed by atoms with Crippen LogP contribution in [-0.2, 0) is 32.3 Å². The number of nitro groups is 1. The number of nitrogens with zero attached hydrogens (tertiary/aromatic N) is 1. The Balaban J connectivity index is 1.64. The van der Waals surface area contributed by atoms with Crippen molar-refractivity contribution in [3.8, 4) is 5.75 Å². The molecule has 186 valence electrons. The van der Waals surface area contributed by atoms with Gasteiger partial charge in [0.05, 0.1) is 18.0 Å². The molecular formula is C24H26N2O9. The summed E-state index contributed by atoms with van der Waals surface area (Å²) in [7, 11) is 1.54. The lowest BCUT2D eigenvalue weighted by atomic mass is 9.76. The molecule has 1 aliphatic carbocycles. The number of ether oxygens (including phenoxy) is 3. The number of carboxylic acid groups (broad SMARTS) is 1. The summed E-state index contributed by atoms with van der Waals surface area (Å²) in [5, 5.41) is 22.7. The van der Waals surface area contributed by atoms with Gasteiger partial charge in [0, 0.05) is 12.1 Å². The van der Waals surface area contributed by atoms with E-state index in [0.717, 1.165) is 0 Å². The molecule has 11 heteroatoms. The van der Waals surface area contributed by atoms with E-state index >= 15 is 0 Å². The van der Waals surface area contributed by atoms with E-state index < -0.39 is 34.4 Å². The van der Waals surface area contributed by atoms with Crippen molar-refractivity contribution < 1.29 is 38.6 Å². The molecule has 0 radical (unpaired) electrons. The van der Waals surface area contributed by atoms with Crippen molar-refractivity contribution in [2.24, 2.45) is 5.92 Å². The van der Waals surface area contributed by atoms with Gasteiger partial charge in [0.25, 0.3) is 5.69 Å². The smallest absolute Gasteiger partial charge is 0.408 e. The number of hydrogen-bond acceptors (Lipinski definition) is 8. The Morgan fingerprint density at radius 3 is 2.06 bits per heavy atom. The summed E-state index contributed by atoms with van der Waals surface area (Å²) in [6.45, 7) is -0.203. The molecule has 0 heterocycles. The molecule has 2 aromatic rings. The molecule has 1 aliphatic rings. The average molecular weight is 486 g/mol. The van der Waals surface area contributed by atoms with E-state index in [1.807, 2.05) is 0 Å². The van der Waals surface area contributed by atoms with Gasteiger partial charge in [0.2, 0.25) is 0 Å². The first-order valence-electron chi connectivity index (χ1n) is 10.9. The number of benzene rings is 2. The number of rotatable bonds is 9. The van der Waals surface area contributed by atoms with E-state index in [9.17, 15) is 29.6 Å². The minimum atomic E-state index is -1.43. The molecule has 0 atom stereocenters. The third kappa shape index (κ3) is 6.69. The van der Waals surface area contributed by atoms with Crippen molar-refractivity contribution in [2.75, 3.05) is 7.11 Å². The summed E-state index contributed by atoms with van der Waals surface area (Å²) in [5.41, 5.74) is -0.275. The van der Waals surface area contributed by atoms with Crippen LogP contribution < -0.4 is 10.1 Å². The number of carboxylic acids is 1. The molecule has 3 rings (SSSR count). The molecule has 2 aromatic carbocycles. The highest BCUT2D eigenvalue weighted by molar-refractivity contribution is 5.86. The number of carbonyl (C=O) groups is 3. The van der Waals surface area contributed by atoms with Crippen molar-refractivity contribution in [1.29, 1.82) is 0 Å². The Morgan fingerprint density at radius 2 is 1.54 bits per heavy atom. The summed E-state index contributed by atoms with van der Waals surface area (Å²) in [4.78, 5) is 47.2. The van der Waals surface area contributed by atoms with Gasteiger partial charge in [-0.1, -0.05) is 12.1 Å². The molecule has 0 saturated heterocycles. The normalized spacial score (nSPS) is 19.3. The van der Waals surface area contributed by atoms with Gasteiger partial charge in [0.1, 0.15) is 24.5 Å². The second kappa shape index (κ2) is 11.3. The van der Waals surface area contributed by atoms with Crippen molar-refractivity contribution in [3.63, 3.8) is 0 Å². The van der Waals surface area contributed by atoms with Gasteiger partial charge in [-0.15, -0.1) is 0 Å².